The second kappa shape index (κ2) is 7.23. The summed E-state index contributed by atoms with van der Waals surface area (Å²) >= 11 is 0. The molecule has 0 bridgehead atoms. The summed E-state index contributed by atoms with van der Waals surface area (Å²) in [6.07, 6.45) is 1.10. The van der Waals surface area contributed by atoms with Crippen molar-refractivity contribution in [2.45, 2.75) is 33.8 Å². The van der Waals surface area contributed by atoms with E-state index in [9.17, 15) is 0 Å². The molecule has 0 unspecified atom stereocenters. The second-order valence-electron chi connectivity index (χ2n) is 4.28. The fourth-order valence-electron chi connectivity index (χ4n) is 1.34. The van der Waals surface area contributed by atoms with E-state index >= 15 is 0 Å². The molecule has 1 aromatic rings. The lowest BCUT2D eigenvalue weighted by Gasteiger charge is -2.07. The Morgan fingerprint density at radius 2 is 2.19 bits per heavy atom. The molecule has 1 N–H and O–H groups in total. The minimum absolute atomic E-state index is 0.603. The van der Waals surface area contributed by atoms with E-state index in [1.165, 1.54) is 0 Å². The summed E-state index contributed by atoms with van der Waals surface area (Å²) in [5.74, 6) is 1.62. The van der Waals surface area contributed by atoms with Crippen LogP contribution >= 0.6 is 0 Å². The minimum Gasteiger partial charge on any atom is -0.375 e. The Kier molecular flexibility index (Phi) is 5.86. The minimum atomic E-state index is 0.603. The van der Waals surface area contributed by atoms with Crippen LogP contribution in [0, 0.1) is 5.92 Å². The van der Waals surface area contributed by atoms with Crippen molar-refractivity contribution < 1.29 is 4.74 Å². The zero-order chi connectivity index (χ0) is 11.8. The summed E-state index contributed by atoms with van der Waals surface area (Å²) in [5, 5.41) is 3.19. The van der Waals surface area contributed by atoms with Crippen molar-refractivity contribution in [2.75, 3.05) is 18.5 Å². The first-order valence-corrected chi connectivity index (χ1v) is 6.00. The molecule has 0 atom stereocenters. The summed E-state index contributed by atoms with van der Waals surface area (Å²) in [6.45, 7) is 8.77. The van der Waals surface area contributed by atoms with Gasteiger partial charge < -0.3 is 10.1 Å². The molecule has 0 radical (unpaired) electrons. The molecular formula is C13H22N2O. The molecular weight excluding hydrogens is 200 g/mol. The fourth-order valence-corrected chi connectivity index (χ4v) is 1.34. The molecule has 1 rings (SSSR count). The van der Waals surface area contributed by atoms with Gasteiger partial charge in [0.1, 0.15) is 5.82 Å². The van der Waals surface area contributed by atoms with E-state index in [0.29, 0.717) is 12.5 Å². The maximum Gasteiger partial charge on any atom is 0.126 e. The third kappa shape index (κ3) is 5.12. The molecule has 3 nitrogen and oxygen atoms in total. The predicted octanol–water partition coefficient (Wildman–Crippen LogP) is 3.08. The van der Waals surface area contributed by atoms with Gasteiger partial charge in [0.05, 0.1) is 12.3 Å². The lowest BCUT2D eigenvalue weighted by molar-refractivity contribution is 0.108. The van der Waals surface area contributed by atoms with Crippen LogP contribution in [0.3, 0.4) is 0 Å². The third-order valence-corrected chi connectivity index (χ3v) is 2.25. The van der Waals surface area contributed by atoms with Gasteiger partial charge in [0.25, 0.3) is 0 Å². The number of ether oxygens (including phenoxy) is 1. The van der Waals surface area contributed by atoms with E-state index in [0.717, 1.165) is 31.1 Å². The van der Waals surface area contributed by atoms with Gasteiger partial charge in [-0.2, -0.15) is 0 Å². The molecule has 0 aliphatic carbocycles. The number of rotatable bonds is 7. The highest BCUT2D eigenvalue weighted by molar-refractivity contribution is 5.34. The molecule has 0 amide bonds. The Bertz CT molecular complexity index is 300. The van der Waals surface area contributed by atoms with Gasteiger partial charge in [-0.25, -0.2) is 4.98 Å². The molecule has 0 aliphatic heterocycles. The number of hydrogen-bond donors (Lipinski definition) is 1. The highest BCUT2D eigenvalue weighted by Gasteiger charge is 1.98. The van der Waals surface area contributed by atoms with Crippen LogP contribution in [0.15, 0.2) is 18.2 Å². The Labute approximate surface area is 98.2 Å². The van der Waals surface area contributed by atoms with Gasteiger partial charge in [0.2, 0.25) is 0 Å². The van der Waals surface area contributed by atoms with E-state index in [2.05, 4.69) is 31.1 Å². The van der Waals surface area contributed by atoms with Crippen LogP contribution in [0.2, 0.25) is 0 Å². The van der Waals surface area contributed by atoms with E-state index < -0.39 is 0 Å². The van der Waals surface area contributed by atoms with Crippen LogP contribution in [0.1, 0.15) is 32.9 Å². The van der Waals surface area contributed by atoms with Crippen LogP contribution < -0.4 is 5.32 Å². The van der Waals surface area contributed by atoms with Crippen molar-refractivity contribution >= 4 is 5.82 Å². The molecule has 1 aromatic heterocycles. The molecule has 3 heteroatoms. The molecule has 0 aromatic carbocycles. The van der Waals surface area contributed by atoms with E-state index in [-0.39, 0.29) is 0 Å². The Morgan fingerprint density at radius 1 is 1.38 bits per heavy atom. The van der Waals surface area contributed by atoms with Crippen molar-refractivity contribution in [3.8, 4) is 0 Å². The van der Waals surface area contributed by atoms with Crippen LogP contribution in [-0.4, -0.2) is 18.1 Å². The van der Waals surface area contributed by atoms with Gasteiger partial charge in [-0.3, -0.25) is 0 Å². The second-order valence-corrected chi connectivity index (χ2v) is 4.28. The van der Waals surface area contributed by atoms with Gasteiger partial charge >= 0.3 is 0 Å². The zero-order valence-electron chi connectivity index (χ0n) is 10.5. The number of nitrogens with one attached hydrogen (secondary N) is 1. The van der Waals surface area contributed by atoms with Crippen LogP contribution in [0.25, 0.3) is 0 Å². The Balaban J connectivity index is 2.33. The van der Waals surface area contributed by atoms with Crippen molar-refractivity contribution in [1.82, 2.24) is 4.98 Å². The lowest BCUT2D eigenvalue weighted by atomic mass is 10.1. The summed E-state index contributed by atoms with van der Waals surface area (Å²) in [4.78, 5) is 4.44. The third-order valence-electron chi connectivity index (χ3n) is 2.25. The number of anilines is 1. The van der Waals surface area contributed by atoms with Crippen LogP contribution in [0.4, 0.5) is 5.82 Å². The summed E-state index contributed by atoms with van der Waals surface area (Å²) in [7, 11) is 0. The maximum absolute atomic E-state index is 5.57. The predicted molar refractivity (Wildman–Crippen MR) is 67.5 cm³/mol. The lowest BCUT2D eigenvalue weighted by Crippen LogP contribution is -2.03. The average molecular weight is 222 g/mol. The van der Waals surface area contributed by atoms with Crippen LogP contribution in [-0.2, 0) is 11.3 Å². The smallest absolute Gasteiger partial charge is 0.126 e. The molecule has 0 saturated carbocycles. The standard InChI is InChI=1S/C13H22N2O/c1-4-14-13-7-5-6-12(15-13)10-16-9-8-11(2)3/h5-7,11H,4,8-10H2,1-3H3,(H,14,15). The Morgan fingerprint density at radius 3 is 2.88 bits per heavy atom. The maximum atomic E-state index is 5.57. The van der Waals surface area contributed by atoms with Crippen molar-refractivity contribution in [3.05, 3.63) is 23.9 Å². The molecule has 90 valence electrons. The summed E-state index contributed by atoms with van der Waals surface area (Å²) in [6, 6.07) is 5.98. The first-order chi connectivity index (χ1) is 7.72. The van der Waals surface area contributed by atoms with E-state index in [1.54, 1.807) is 0 Å². The fraction of sp³-hybridized carbons (Fsp3) is 0.615. The monoisotopic (exact) mass is 222 g/mol. The molecule has 0 fully saturated rings. The topological polar surface area (TPSA) is 34.1 Å². The average Bonchev–Trinajstić information content (AvgIpc) is 2.25. The molecule has 0 spiro atoms. The summed E-state index contributed by atoms with van der Waals surface area (Å²) < 4.78 is 5.57. The van der Waals surface area contributed by atoms with Crippen molar-refractivity contribution in [2.24, 2.45) is 5.92 Å². The van der Waals surface area contributed by atoms with Gasteiger partial charge in [-0.1, -0.05) is 19.9 Å². The van der Waals surface area contributed by atoms with Crippen LogP contribution in [0.5, 0.6) is 0 Å². The van der Waals surface area contributed by atoms with Gasteiger partial charge in [0.15, 0.2) is 0 Å². The van der Waals surface area contributed by atoms with E-state index in [1.807, 2.05) is 18.2 Å². The number of aromatic nitrogens is 1. The van der Waals surface area contributed by atoms with Gasteiger partial charge in [-0.15, -0.1) is 0 Å². The highest BCUT2D eigenvalue weighted by Crippen LogP contribution is 2.06. The normalized spacial score (nSPS) is 10.8. The van der Waals surface area contributed by atoms with E-state index in [4.69, 9.17) is 4.74 Å². The quantitative estimate of drug-likeness (QED) is 0.720. The zero-order valence-corrected chi connectivity index (χ0v) is 10.5. The molecule has 0 saturated heterocycles. The molecule has 16 heavy (non-hydrogen) atoms. The largest absolute Gasteiger partial charge is 0.375 e. The summed E-state index contributed by atoms with van der Waals surface area (Å²) in [5.41, 5.74) is 0.988. The SMILES string of the molecule is CCNc1cccc(COCCC(C)C)n1. The first kappa shape index (κ1) is 13.0. The molecule has 0 aliphatic rings. The van der Waals surface area contributed by atoms with Crippen molar-refractivity contribution in [3.63, 3.8) is 0 Å². The van der Waals surface area contributed by atoms with Gasteiger partial charge in [0, 0.05) is 13.2 Å². The highest BCUT2D eigenvalue weighted by atomic mass is 16.5. The Hall–Kier alpha value is -1.09. The number of hydrogen-bond acceptors (Lipinski definition) is 3. The number of pyridine rings is 1. The van der Waals surface area contributed by atoms with Crippen molar-refractivity contribution in [1.29, 1.82) is 0 Å². The number of nitrogens with zero attached hydrogens (tertiary/aromatic N) is 1. The molecule has 1 heterocycles. The van der Waals surface area contributed by atoms with Gasteiger partial charge in [-0.05, 0) is 31.4 Å². The first-order valence-electron chi connectivity index (χ1n) is 6.00.